The van der Waals surface area contributed by atoms with Gasteiger partial charge in [-0.05, 0) is 39.0 Å². The van der Waals surface area contributed by atoms with Gasteiger partial charge in [0.25, 0.3) is 5.91 Å². The Balaban J connectivity index is 2.43. The molecule has 0 spiro atoms. The average Bonchev–Trinajstić information content (AvgIpc) is 3.01. The molecule has 0 aliphatic carbocycles. The molecule has 2 rings (SSSR count). The molecule has 0 fully saturated rings. The van der Waals surface area contributed by atoms with Crippen molar-refractivity contribution in [3.8, 4) is 17.4 Å². The highest BCUT2D eigenvalue weighted by Gasteiger charge is 2.32. The van der Waals surface area contributed by atoms with Gasteiger partial charge in [-0.1, -0.05) is 23.2 Å². The lowest BCUT2D eigenvalue weighted by molar-refractivity contribution is 0.0750. The molecule has 26 heavy (non-hydrogen) atoms. The zero-order valence-electron chi connectivity index (χ0n) is 14.8. The van der Waals surface area contributed by atoms with Gasteiger partial charge in [0.15, 0.2) is 5.82 Å². The number of rotatable bonds is 8. The lowest BCUT2D eigenvalue weighted by Crippen LogP contribution is -2.32. The molecule has 9 heteroatoms. The van der Waals surface area contributed by atoms with E-state index in [0.717, 1.165) is 0 Å². The van der Waals surface area contributed by atoms with Crippen molar-refractivity contribution in [1.29, 1.82) is 0 Å². The van der Waals surface area contributed by atoms with E-state index < -0.39 is 5.41 Å². The number of carbonyl (C=O) groups excluding carboxylic acids is 1. The van der Waals surface area contributed by atoms with Crippen molar-refractivity contribution < 1.29 is 14.3 Å². The third-order valence-corrected chi connectivity index (χ3v) is 4.74. The van der Waals surface area contributed by atoms with Crippen molar-refractivity contribution in [2.24, 2.45) is 5.41 Å². The number of benzene rings is 1. The second-order valence-corrected chi connectivity index (χ2v) is 7.23. The molecular formula is C17H20Cl3N3O3. The van der Waals surface area contributed by atoms with Crippen LogP contribution >= 0.6 is 34.8 Å². The Morgan fingerprint density at radius 3 is 2.62 bits per heavy atom. The minimum absolute atomic E-state index is 0.0597. The predicted octanol–water partition coefficient (Wildman–Crippen LogP) is 4.57. The summed E-state index contributed by atoms with van der Waals surface area (Å²) in [6.45, 7) is 6.58. The molecule has 0 unspecified atom stereocenters. The SMILES string of the molecule is CCOCCOc1nc(-c2ccc(Cl)cc2Cl)n(C(=O)C(C)(C)CCl)n1. The van der Waals surface area contributed by atoms with E-state index >= 15 is 0 Å². The Bertz CT molecular complexity index is 778. The van der Waals surface area contributed by atoms with Gasteiger partial charge in [0.1, 0.15) is 6.61 Å². The van der Waals surface area contributed by atoms with Gasteiger partial charge in [-0.3, -0.25) is 4.79 Å². The second-order valence-electron chi connectivity index (χ2n) is 6.12. The summed E-state index contributed by atoms with van der Waals surface area (Å²) < 4.78 is 11.9. The summed E-state index contributed by atoms with van der Waals surface area (Å²) in [7, 11) is 0. The molecule has 0 bridgehead atoms. The summed E-state index contributed by atoms with van der Waals surface area (Å²) >= 11 is 18.2. The lowest BCUT2D eigenvalue weighted by Gasteiger charge is -2.19. The van der Waals surface area contributed by atoms with Crippen molar-refractivity contribution >= 4 is 40.7 Å². The van der Waals surface area contributed by atoms with Gasteiger partial charge < -0.3 is 9.47 Å². The second kappa shape index (κ2) is 9.04. The summed E-state index contributed by atoms with van der Waals surface area (Å²) in [6, 6.07) is 4.97. The van der Waals surface area contributed by atoms with E-state index in [1.807, 2.05) is 6.92 Å². The van der Waals surface area contributed by atoms with Crippen LogP contribution in [0.2, 0.25) is 10.0 Å². The number of hydrogen-bond donors (Lipinski definition) is 0. The molecule has 0 saturated carbocycles. The van der Waals surface area contributed by atoms with E-state index in [1.165, 1.54) is 4.68 Å². The van der Waals surface area contributed by atoms with Crippen LogP contribution in [0.5, 0.6) is 6.01 Å². The molecule has 0 radical (unpaired) electrons. The lowest BCUT2D eigenvalue weighted by atomic mass is 9.95. The van der Waals surface area contributed by atoms with Crippen LogP contribution in [-0.4, -0.2) is 46.4 Å². The maximum absolute atomic E-state index is 12.9. The van der Waals surface area contributed by atoms with Crippen molar-refractivity contribution in [3.63, 3.8) is 0 Å². The van der Waals surface area contributed by atoms with Crippen molar-refractivity contribution in [2.45, 2.75) is 20.8 Å². The first-order valence-corrected chi connectivity index (χ1v) is 9.33. The Kier molecular flexibility index (Phi) is 7.29. The molecule has 0 aliphatic rings. The van der Waals surface area contributed by atoms with Crippen LogP contribution in [0.25, 0.3) is 11.4 Å². The maximum atomic E-state index is 12.9. The minimum atomic E-state index is -0.842. The van der Waals surface area contributed by atoms with E-state index in [1.54, 1.807) is 32.0 Å². The Hall–Kier alpha value is -1.34. The number of halogens is 3. The number of alkyl halides is 1. The van der Waals surface area contributed by atoms with Crippen LogP contribution in [0, 0.1) is 5.41 Å². The number of nitrogens with zero attached hydrogens (tertiary/aromatic N) is 3. The molecule has 1 aromatic carbocycles. The van der Waals surface area contributed by atoms with E-state index in [0.29, 0.717) is 28.8 Å². The molecule has 1 heterocycles. The molecule has 0 saturated heterocycles. The molecule has 0 aliphatic heterocycles. The standard InChI is InChI=1S/C17H20Cl3N3O3/c1-4-25-7-8-26-16-21-14(12-6-5-11(19)9-13(12)20)23(22-16)15(24)17(2,3)10-18/h5-6,9H,4,7-8,10H2,1-3H3. The highest BCUT2D eigenvalue weighted by Crippen LogP contribution is 2.32. The average molecular weight is 421 g/mol. The van der Waals surface area contributed by atoms with Gasteiger partial charge in [-0.15, -0.1) is 16.7 Å². The summed E-state index contributed by atoms with van der Waals surface area (Å²) in [5.74, 6) is 0.0713. The van der Waals surface area contributed by atoms with Gasteiger partial charge in [-0.25, -0.2) is 0 Å². The van der Waals surface area contributed by atoms with Crippen LogP contribution < -0.4 is 4.74 Å². The quantitative estimate of drug-likeness (QED) is 0.462. The van der Waals surface area contributed by atoms with E-state index in [9.17, 15) is 4.79 Å². The number of hydrogen-bond acceptors (Lipinski definition) is 5. The van der Waals surface area contributed by atoms with E-state index in [2.05, 4.69) is 10.1 Å². The monoisotopic (exact) mass is 419 g/mol. The molecule has 142 valence electrons. The fourth-order valence-electron chi connectivity index (χ4n) is 2.02. The number of ether oxygens (including phenoxy) is 2. The van der Waals surface area contributed by atoms with Gasteiger partial charge in [0, 0.05) is 23.1 Å². The topological polar surface area (TPSA) is 66.2 Å². The molecular weight excluding hydrogens is 401 g/mol. The summed E-state index contributed by atoms with van der Waals surface area (Å²) in [4.78, 5) is 17.2. The van der Waals surface area contributed by atoms with E-state index in [-0.39, 0.29) is 30.2 Å². The Labute approximate surface area is 167 Å². The minimum Gasteiger partial charge on any atom is -0.460 e. The molecule has 1 aromatic heterocycles. The molecule has 0 atom stereocenters. The first-order valence-electron chi connectivity index (χ1n) is 8.04. The van der Waals surface area contributed by atoms with Gasteiger partial charge in [0.2, 0.25) is 0 Å². The largest absolute Gasteiger partial charge is 0.460 e. The molecule has 0 amide bonds. The van der Waals surface area contributed by atoms with Crippen LogP contribution in [0.3, 0.4) is 0 Å². The summed E-state index contributed by atoms with van der Waals surface area (Å²) in [6.07, 6.45) is 0. The fraction of sp³-hybridized carbons (Fsp3) is 0.471. The predicted molar refractivity (Wildman–Crippen MR) is 103 cm³/mol. The zero-order valence-corrected chi connectivity index (χ0v) is 17.0. The number of carbonyl (C=O) groups is 1. The third-order valence-electron chi connectivity index (χ3n) is 3.53. The fourth-order valence-corrected chi connectivity index (χ4v) is 2.63. The first kappa shape index (κ1) is 21.0. The third kappa shape index (κ3) is 4.88. The van der Waals surface area contributed by atoms with Crippen LogP contribution in [-0.2, 0) is 4.74 Å². The van der Waals surface area contributed by atoms with Crippen molar-refractivity contribution in [3.05, 3.63) is 28.2 Å². The van der Waals surface area contributed by atoms with Crippen molar-refractivity contribution in [1.82, 2.24) is 14.8 Å². The smallest absolute Gasteiger partial charge is 0.336 e. The zero-order chi connectivity index (χ0) is 19.3. The molecule has 6 nitrogen and oxygen atoms in total. The van der Waals surface area contributed by atoms with Gasteiger partial charge in [0.05, 0.1) is 17.0 Å². The molecule has 2 aromatic rings. The van der Waals surface area contributed by atoms with Crippen molar-refractivity contribution in [2.75, 3.05) is 25.7 Å². The van der Waals surface area contributed by atoms with E-state index in [4.69, 9.17) is 44.3 Å². The van der Waals surface area contributed by atoms with Crippen LogP contribution in [0.4, 0.5) is 0 Å². The Morgan fingerprint density at radius 1 is 1.27 bits per heavy atom. The summed E-state index contributed by atoms with van der Waals surface area (Å²) in [5, 5.41) is 5.02. The molecule has 0 N–H and O–H groups in total. The summed E-state index contributed by atoms with van der Waals surface area (Å²) in [5.41, 5.74) is -0.326. The highest BCUT2D eigenvalue weighted by molar-refractivity contribution is 6.36. The van der Waals surface area contributed by atoms with Crippen LogP contribution in [0.1, 0.15) is 25.6 Å². The van der Waals surface area contributed by atoms with Gasteiger partial charge >= 0.3 is 6.01 Å². The normalized spacial score (nSPS) is 11.6. The number of aromatic nitrogens is 3. The first-order chi connectivity index (χ1) is 12.3. The Morgan fingerprint density at radius 2 is 2.00 bits per heavy atom. The van der Waals surface area contributed by atoms with Crippen LogP contribution in [0.15, 0.2) is 18.2 Å². The maximum Gasteiger partial charge on any atom is 0.336 e. The highest BCUT2D eigenvalue weighted by atomic mass is 35.5. The van der Waals surface area contributed by atoms with Gasteiger partial charge in [-0.2, -0.15) is 9.67 Å².